The van der Waals surface area contributed by atoms with Crippen molar-refractivity contribution in [3.05, 3.63) is 41.3 Å². The summed E-state index contributed by atoms with van der Waals surface area (Å²) in [7, 11) is -3.44. The molecule has 0 bridgehead atoms. The number of likely N-dealkylation sites (tertiary alicyclic amines) is 1. The highest BCUT2D eigenvalue weighted by Gasteiger charge is 2.30. The van der Waals surface area contributed by atoms with E-state index in [1.54, 1.807) is 44.3 Å². The van der Waals surface area contributed by atoms with Gasteiger partial charge < -0.3 is 10.2 Å². The molecule has 1 saturated carbocycles. The maximum absolute atomic E-state index is 12.7. The van der Waals surface area contributed by atoms with E-state index in [2.05, 4.69) is 15.2 Å². The molecule has 2 heterocycles. The first-order valence-corrected chi connectivity index (χ1v) is 12.6. The Morgan fingerprint density at radius 1 is 1.13 bits per heavy atom. The number of aromatic nitrogens is 2. The van der Waals surface area contributed by atoms with Crippen molar-refractivity contribution in [1.82, 2.24) is 14.9 Å². The number of nitrogens with zero attached hydrogens (tertiary/aromatic N) is 3. The summed E-state index contributed by atoms with van der Waals surface area (Å²) in [5, 5.41) is 3.02. The van der Waals surface area contributed by atoms with Crippen LogP contribution in [-0.2, 0) is 9.84 Å². The third kappa shape index (κ3) is 4.34. The molecule has 0 atom stereocenters. The van der Waals surface area contributed by atoms with Gasteiger partial charge in [-0.15, -0.1) is 0 Å². The zero-order chi connectivity index (χ0) is 21.3. The van der Waals surface area contributed by atoms with Gasteiger partial charge in [-0.1, -0.05) is 23.7 Å². The Balaban J connectivity index is 1.54. The van der Waals surface area contributed by atoms with E-state index in [4.69, 9.17) is 16.6 Å². The molecule has 1 aromatic heterocycles. The Morgan fingerprint density at radius 2 is 1.83 bits per heavy atom. The number of benzene rings is 1. The van der Waals surface area contributed by atoms with Crippen molar-refractivity contribution in [2.45, 2.75) is 68.1 Å². The van der Waals surface area contributed by atoms with Crippen LogP contribution in [-0.4, -0.2) is 47.7 Å². The average molecular weight is 449 g/mol. The highest BCUT2D eigenvalue weighted by Crippen LogP contribution is 2.36. The van der Waals surface area contributed by atoms with Gasteiger partial charge in [0.1, 0.15) is 10.8 Å². The van der Waals surface area contributed by atoms with Crippen LogP contribution in [0.2, 0.25) is 5.02 Å². The lowest BCUT2D eigenvalue weighted by atomic mass is 9.84. The van der Waals surface area contributed by atoms with Crippen LogP contribution >= 0.6 is 11.6 Å². The Morgan fingerprint density at radius 3 is 2.47 bits per heavy atom. The van der Waals surface area contributed by atoms with Crippen LogP contribution in [0.5, 0.6) is 0 Å². The maximum atomic E-state index is 12.7. The molecular formula is C22H29ClN4O2S. The van der Waals surface area contributed by atoms with Gasteiger partial charge in [0.25, 0.3) is 0 Å². The minimum absolute atomic E-state index is 0.256. The van der Waals surface area contributed by atoms with Crippen molar-refractivity contribution in [2.75, 3.05) is 18.4 Å². The molecule has 8 heteroatoms. The highest BCUT2D eigenvalue weighted by atomic mass is 35.5. The number of anilines is 2. The number of hydrogen-bond donors (Lipinski definition) is 1. The Bertz CT molecular complexity index is 1000. The lowest BCUT2D eigenvalue weighted by Crippen LogP contribution is -2.46. The van der Waals surface area contributed by atoms with E-state index in [0.29, 0.717) is 28.5 Å². The van der Waals surface area contributed by atoms with Crippen LogP contribution in [0.15, 0.2) is 35.4 Å². The van der Waals surface area contributed by atoms with Crippen LogP contribution in [0, 0.1) is 0 Å². The zero-order valence-corrected chi connectivity index (χ0v) is 19.1. The minimum atomic E-state index is -3.44. The van der Waals surface area contributed by atoms with Crippen molar-refractivity contribution >= 4 is 32.9 Å². The third-order valence-electron chi connectivity index (χ3n) is 6.30. The quantitative estimate of drug-likeness (QED) is 0.684. The van der Waals surface area contributed by atoms with E-state index in [1.807, 2.05) is 0 Å². The second-order valence-corrected chi connectivity index (χ2v) is 11.4. The lowest BCUT2D eigenvalue weighted by molar-refractivity contribution is 0.0862. The summed E-state index contributed by atoms with van der Waals surface area (Å²) in [6.07, 6.45) is 7.43. The van der Waals surface area contributed by atoms with Crippen LogP contribution in [0.1, 0.15) is 57.7 Å². The zero-order valence-electron chi connectivity index (χ0n) is 17.5. The summed E-state index contributed by atoms with van der Waals surface area (Å²) in [5.41, 5.74) is 0.485. The molecule has 1 aliphatic carbocycles. The molecule has 2 fully saturated rings. The topological polar surface area (TPSA) is 75.2 Å². The molecule has 1 aliphatic heterocycles. The number of nitrogens with one attached hydrogen (secondary N) is 1. The average Bonchev–Trinajstić information content (AvgIpc) is 2.69. The molecule has 30 heavy (non-hydrogen) atoms. The van der Waals surface area contributed by atoms with Gasteiger partial charge in [0.15, 0.2) is 15.7 Å². The largest absolute Gasteiger partial charge is 0.338 e. The van der Waals surface area contributed by atoms with Crippen LogP contribution < -0.4 is 5.32 Å². The fraction of sp³-hybridized carbons (Fsp3) is 0.545. The van der Waals surface area contributed by atoms with Crippen molar-refractivity contribution < 1.29 is 8.42 Å². The Hall–Kier alpha value is -1.70. The van der Waals surface area contributed by atoms with Crippen molar-refractivity contribution in [3.63, 3.8) is 0 Å². The van der Waals surface area contributed by atoms with Gasteiger partial charge in [-0.25, -0.2) is 18.4 Å². The second-order valence-electron chi connectivity index (χ2n) is 8.53. The predicted octanol–water partition coefficient (Wildman–Crippen LogP) is 4.79. The molecule has 6 nitrogen and oxygen atoms in total. The number of hydrogen-bond acceptors (Lipinski definition) is 6. The molecule has 4 rings (SSSR count). The summed E-state index contributed by atoms with van der Waals surface area (Å²) in [6.45, 7) is 5.83. The third-order valence-corrected chi connectivity index (χ3v) is 8.79. The highest BCUT2D eigenvalue weighted by molar-refractivity contribution is 7.92. The summed E-state index contributed by atoms with van der Waals surface area (Å²) < 4.78 is 25.5. The first kappa shape index (κ1) is 21.5. The summed E-state index contributed by atoms with van der Waals surface area (Å²) in [6, 6.07) is 7.59. The Kier molecular flexibility index (Phi) is 6.32. The monoisotopic (exact) mass is 448 g/mol. The number of para-hydroxylation sites is 1. The van der Waals surface area contributed by atoms with Gasteiger partial charge in [-0.2, -0.15) is 0 Å². The normalized spacial score (nSPS) is 22.7. The molecule has 0 spiro atoms. The fourth-order valence-electron chi connectivity index (χ4n) is 4.27. The predicted molar refractivity (Wildman–Crippen MR) is 120 cm³/mol. The van der Waals surface area contributed by atoms with E-state index in [9.17, 15) is 8.42 Å². The van der Waals surface area contributed by atoms with Gasteiger partial charge in [0.2, 0.25) is 0 Å². The molecule has 162 valence electrons. The van der Waals surface area contributed by atoms with Crippen LogP contribution in [0.3, 0.4) is 0 Å². The first-order valence-electron chi connectivity index (χ1n) is 10.7. The maximum Gasteiger partial charge on any atom is 0.182 e. The number of rotatable bonds is 6. The summed E-state index contributed by atoms with van der Waals surface area (Å²) in [5.74, 6) is 1.56. The van der Waals surface area contributed by atoms with Gasteiger partial charge in [-0.3, -0.25) is 0 Å². The van der Waals surface area contributed by atoms with Gasteiger partial charge >= 0.3 is 0 Å². The van der Waals surface area contributed by atoms with E-state index < -0.39 is 15.1 Å². The molecule has 2 aliphatic rings. The van der Waals surface area contributed by atoms with Gasteiger partial charge in [0.05, 0.1) is 22.0 Å². The SMILES string of the molecule is CC(C)S(=O)(=O)c1ccccc1Nc1nc(C2CCC(N3CCC3)CC2)ncc1Cl. The molecule has 1 saturated heterocycles. The molecule has 1 aromatic carbocycles. The molecular weight excluding hydrogens is 420 g/mol. The van der Waals surface area contributed by atoms with Crippen molar-refractivity contribution in [1.29, 1.82) is 0 Å². The number of halogens is 1. The summed E-state index contributed by atoms with van der Waals surface area (Å²) >= 11 is 6.36. The van der Waals surface area contributed by atoms with Crippen LogP contribution in [0.4, 0.5) is 11.5 Å². The van der Waals surface area contributed by atoms with Gasteiger partial charge in [-0.05, 0) is 71.2 Å². The molecule has 0 radical (unpaired) electrons. The van der Waals surface area contributed by atoms with Crippen LogP contribution in [0.25, 0.3) is 0 Å². The molecule has 0 unspecified atom stereocenters. The fourth-order valence-corrected chi connectivity index (χ4v) is 5.61. The minimum Gasteiger partial charge on any atom is -0.338 e. The smallest absolute Gasteiger partial charge is 0.182 e. The molecule has 2 aromatic rings. The molecule has 1 N–H and O–H groups in total. The van der Waals surface area contributed by atoms with E-state index in [-0.39, 0.29) is 4.90 Å². The Labute approximate surface area is 184 Å². The summed E-state index contributed by atoms with van der Waals surface area (Å²) in [4.78, 5) is 12.0. The van der Waals surface area contributed by atoms with E-state index in [0.717, 1.165) is 18.7 Å². The standard InChI is InChI=1S/C22H29ClN4O2S/c1-15(2)30(28,29)20-7-4-3-6-19(20)25-22-18(23)14-24-21(26-22)16-8-10-17(11-9-16)27-12-5-13-27/h3-4,6-7,14-17H,5,8-13H2,1-2H3,(H,24,25,26). The number of sulfone groups is 1. The molecule has 0 amide bonds. The first-order chi connectivity index (χ1) is 14.4. The van der Waals surface area contributed by atoms with Crippen molar-refractivity contribution in [2.24, 2.45) is 0 Å². The van der Waals surface area contributed by atoms with E-state index >= 15 is 0 Å². The van der Waals surface area contributed by atoms with Gasteiger partial charge in [0, 0.05) is 12.0 Å². The van der Waals surface area contributed by atoms with Crippen molar-refractivity contribution in [3.8, 4) is 0 Å². The van der Waals surface area contributed by atoms with E-state index in [1.165, 1.54) is 32.4 Å². The second kappa shape index (κ2) is 8.81. The lowest BCUT2D eigenvalue weighted by Gasteiger charge is -2.41.